The van der Waals surface area contributed by atoms with E-state index in [1.54, 1.807) is 24.5 Å². The van der Waals surface area contributed by atoms with E-state index >= 15 is 0 Å². The summed E-state index contributed by atoms with van der Waals surface area (Å²) in [6, 6.07) is 7.23. The van der Waals surface area contributed by atoms with Gasteiger partial charge in [0, 0.05) is 11.8 Å². The molecule has 1 aromatic carbocycles. The van der Waals surface area contributed by atoms with Gasteiger partial charge < -0.3 is 19.3 Å². The van der Waals surface area contributed by atoms with Crippen molar-refractivity contribution >= 4 is 0 Å². The summed E-state index contributed by atoms with van der Waals surface area (Å²) >= 11 is 0. The zero-order valence-electron chi connectivity index (χ0n) is 11.8. The summed E-state index contributed by atoms with van der Waals surface area (Å²) in [5.41, 5.74) is 1.41. The van der Waals surface area contributed by atoms with Crippen molar-refractivity contribution in [2.24, 2.45) is 0 Å². The Hall–Kier alpha value is -2.27. The summed E-state index contributed by atoms with van der Waals surface area (Å²) in [7, 11) is 0. The highest BCUT2D eigenvalue weighted by atomic mass is 16.6. The molecule has 1 aromatic heterocycles. The van der Waals surface area contributed by atoms with Crippen molar-refractivity contribution in [3.05, 3.63) is 47.8 Å². The van der Waals surface area contributed by atoms with Gasteiger partial charge in [-0.3, -0.25) is 4.98 Å². The summed E-state index contributed by atoms with van der Waals surface area (Å²) in [4.78, 5) is 4.10. The Kier molecular flexibility index (Phi) is 3.92. The molecular weight excluding hydrogens is 270 g/mol. The number of aromatic nitrogens is 1. The number of aliphatic hydroxyl groups excluding tert-OH is 1. The third-order valence-electron chi connectivity index (χ3n) is 3.24. The minimum absolute atomic E-state index is 0.522. The molecule has 1 aliphatic rings. The molecule has 0 saturated heterocycles. The van der Waals surface area contributed by atoms with Crippen LogP contribution in [0.25, 0.3) is 0 Å². The van der Waals surface area contributed by atoms with Gasteiger partial charge in [0.15, 0.2) is 11.5 Å². The maximum atomic E-state index is 10.5. The van der Waals surface area contributed by atoms with Crippen molar-refractivity contribution in [1.82, 2.24) is 4.98 Å². The van der Waals surface area contributed by atoms with Crippen molar-refractivity contribution < 1.29 is 19.3 Å². The molecule has 0 amide bonds. The lowest BCUT2D eigenvalue weighted by atomic mass is 10.0. The Labute approximate surface area is 123 Å². The molecule has 1 unspecified atom stereocenters. The molecular formula is C16H17NO4. The number of aliphatic hydroxyl groups is 1. The zero-order valence-corrected chi connectivity index (χ0v) is 11.8. The Morgan fingerprint density at radius 1 is 1.14 bits per heavy atom. The lowest BCUT2D eigenvalue weighted by molar-refractivity contribution is 0.169. The minimum Gasteiger partial charge on any atom is -0.492 e. The maximum Gasteiger partial charge on any atom is 0.161 e. The fourth-order valence-electron chi connectivity index (χ4n) is 2.25. The van der Waals surface area contributed by atoms with Crippen LogP contribution in [0.4, 0.5) is 0 Å². The van der Waals surface area contributed by atoms with Crippen LogP contribution in [0.5, 0.6) is 17.2 Å². The Morgan fingerprint density at radius 2 is 1.95 bits per heavy atom. The molecule has 1 N–H and O–H groups in total. The summed E-state index contributed by atoms with van der Waals surface area (Å²) in [5.74, 6) is 2.01. The van der Waals surface area contributed by atoms with Crippen LogP contribution >= 0.6 is 0 Å². The summed E-state index contributed by atoms with van der Waals surface area (Å²) < 4.78 is 16.4. The number of pyridine rings is 1. The highest BCUT2D eigenvalue weighted by Gasteiger charge is 2.17. The summed E-state index contributed by atoms with van der Waals surface area (Å²) in [6.07, 6.45) is 2.47. The maximum absolute atomic E-state index is 10.5. The number of nitrogens with zero attached hydrogens (tertiary/aromatic N) is 1. The normalized spacial score (nSPS) is 14.6. The van der Waals surface area contributed by atoms with Gasteiger partial charge in [0.05, 0.1) is 12.8 Å². The van der Waals surface area contributed by atoms with Gasteiger partial charge in [-0.1, -0.05) is 6.07 Å². The molecule has 0 aliphatic carbocycles. The van der Waals surface area contributed by atoms with Crippen molar-refractivity contribution in [2.75, 3.05) is 19.8 Å². The topological polar surface area (TPSA) is 60.8 Å². The first-order valence-electron chi connectivity index (χ1n) is 6.93. The molecule has 5 heteroatoms. The molecule has 0 fully saturated rings. The number of rotatable bonds is 4. The van der Waals surface area contributed by atoms with Gasteiger partial charge in [-0.15, -0.1) is 0 Å². The first-order valence-corrected chi connectivity index (χ1v) is 6.93. The van der Waals surface area contributed by atoms with Crippen LogP contribution in [0, 0.1) is 0 Å². The Bertz CT molecular complexity index is 629. The van der Waals surface area contributed by atoms with Gasteiger partial charge in [-0.05, 0) is 30.7 Å². The molecule has 0 bridgehead atoms. The van der Waals surface area contributed by atoms with Gasteiger partial charge in [0.1, 0.15) is 25.1 Å². The largest absolute Gasteiger partial charge is 0.492 e. The number of benzene rings is 1. The molecule has 3 rings (SSSR count). The van der Waals surface area contributed by atoms with Crippen LogP contribution in [-0.2, 0) is 0 Å². The first-order chi connectivity index (χ1) is 10.3. The Morgan fingerprint density at radius 3 is 2.76 bits per heavy atom. The standard InChI is InChI=1S/C16H17NO4/c1-2-19-13-7-12(9-17-10-13)16(18)11-3-4-14-15(8-11)21-6-5-20-14/h3-4,7-10,16,18H,2,5-6H2,1H3. The van der Waals surface area contributed by atoms with E-state index in [2.05, 4.69) is 4.98 Å². The molecule has 21 heavy (non-hydrogen) atoms. The van der Waals surface area contributed by atoms with E-state index in [1.807, 2.05) is 19.1 Å². The zero-order chi connectivity index (χ0) is 14.7. The second kappa shape index (κ2) is 6.01. The van der Waals surface area contributed by atoms with Crippen LogP contribution in [0.15, 0.2) is 36.7 Å². The van der Waals surface area contributed by atoms with E-state index in [0.29, 0.717) is 42.6 Å². The third-order valence-corrected chi connectivity index (χ3v) is 3.24. The predicted molar refractivity (Wildman–Crippen MR) is 76.9 cm³/mol. The quantitative estimate of drug-likeness (QED) is 0.935. The molecule has 0 spiro atoms. The fourth-order valence-corrected chi connectivity index (χ4v) is 2.25. The third kappa shape index (κ3) is 2.92. The van der Waals surface area contributed by atoms with Crippen LogP contribution in [0.3, 0.4) is 0 Å². The van der Waals surface area contributed by atoms with Crippen molar-refractivity contribution in [3.8, 4) is 17.2 Å². The van der Waals surface area contributed by atoms with Crippen molar-refractivity contribution in [2.45, 2.75) is 13.0 Å². The number of hydrogen-bond acceptors (Lipinski definition) is 5. The van der Waals surface area contributed by atoms with Crippen LogP contribution in [0.2, 0.25) is 0 Å². The SMILES string of the molecule is CCOc1cncc(C(O)c2ccc3c(c2)OCCO3)c1. The van der Waals surface area contributed by atoms with Crippen LogP contribution in [0.1, 0.15) is 24.2 Å². The lowest BCUT2D eigenvalue weighted by Gasteiger charge is -2.20. The number of hydrogen-bond donors (Lipinski definition) is 1. The molecule has 2 aromatic rings. The fraction of sp³-hybridized carbons (Fsp3) is 0.312. The highest BCUT2D eigenvalue weighted by Crippen LogP contribution is 2.34. The number of fused-ring (bicyclic) bond motifs is 1. The van der Waals surface area contributed by atoms with Gasteiger partial charge in [-0.25, -0.2) is 0 Å². The van der Waals surface area contributed by atoms with E-state index in [4.69, 9.17) is 14.2 Å². The van der Waals surface area contributed by atoms with Crippen LogP contribution < -0.4 is 14.2 Å². The second-order valence-corrected chi connectivity index (χ2v) is 4.69. The van der Waals surface area contributed by atoms with Gasteiger partial charge in [0.2, 0.25) is 0 Å². The summed E-state index contributed by atoms with van der Waals surface area (Å²) in [5, 5.41) is 10.5. The van der Waals surface area contributed by atoms with Gasteiger partial charge in [0.25, 0.3) is 0 Å². The van der Waals surface area contributed by atoms with Gasteiger partial charge >= 0.3 is 0 Å². The predicted octanol–water partition coefficient (Wildman–Crippen LogP) is 2.33. The molecule has 1 atom stereocenters. The van der Waals surface area contributed by atoms with E-state index in [0.717, 1.165) is 5.56 Å². The second-order valence-electron chi connectivity index (χ2n) is 4.69. The minimum atomic E-state index is -0.784. The van der Waals surface area contributed by atoms with Crippen molar-refractivity contribution in [1.29, 1.82) is 0 Å². The molecule has 1 aliphatic heterocycles. The highest BCUT2D eigenvalue weighted by molar-refractivity contribution is 5.46. The molecule has 5 nitrogen and oxygen atoms in total. The Balaban J connectivity index is 1.87. The van der Waals surface area contributed by atoms with Crippen molar-refractivity contribution in [3.63, 3.8) is 0 Å². The summed E-state index contributed by atoms with van der Waals surface area (Å²) in [6.45, 7) is 3.54. The first kappa shape index (κ1) is 13.7. The molecule has 2 heterocycles. The monoisotopic (exact) mass is 287 g/mol. The smallest absolute Gasteiger partial charge is 0.161 e. The molecule has 110 valence electrons. The lowest BCUT2D eigenvalue weighted by Crippen LogP contribution is -2.15. The van der Waals surface area contributed by atoms with Gasteiger partial charge in [-0.2, -0.15) is 0 Å². The molecule has 0 radical (unpaired) electrons. The molecule has 0 saturated carbocycles. The van der Waals surface area contributed by atoms with E-state index in [-0.39, 0.29) is 0 Å². The number of ether oxygens (including phenoxy) is 3. The average molecular weight is 287 g/mol. The van der Waals surface area contributed by atoms with E-state index < -0.39 is 6.10 Å². The van der Waals surface area contributed by atoms with E-state index in [9.17, 15) is 5.11 Å². The average Bonchev–Trinajstić information content (AvgIpc) is 2.54. The van der Waals surface area contributed by atoms with Crippen LogP contribution in [-0.4, -0.2) is 29.9 Å². The van der Waals surface area contributed by atoms with E-state index in [1.165, 1.54) is 0 Å².